The van der Waals surface area contributed by atoms with E-state index in [2.05, 4.69) is 50.2 Å². The standard InChI is InChI=1S/C17H20N6/c1-10(2)13-8-15(20-9-14(13)17-18-5-6-19-17)23-16-7-11(3)21-12(4)22-16/h5-10H,1-4H3,(H,18,19)(H,20,21,22,23). The van der Waals surface area contributed by atoms with Crippen LogP contribution < -0.4 is 5.32 Å². The Balaban J connectivity index is 1.96. The molecule has 0 atom stereocenters. The van der Waals surface area contributed by atoms with Crippen LogP contribution in [0.4, 0.5) is 11.6 Å². The van der Waals surface area contributed by atoms with Crippen molar-refractivity contribution in [3.63, 3.8) is 0 Å². The van der Waals surface area contributed by atoms with E-state index in [-0.39, 0.29) is 0 Å². The van der Waals surface area contributed by atoms with Gasteiger partial charge in [-0.25, -0.2) is 19.9 Å². The molecule has 2 N–H and O–H groups in total. The number of aryl methyl sites for hydroxylation is 2. The van der Waals surface area contributed by atoms with Crippen LogP contribution in [0.1, 0.15) is 36.8 Å². The molecule has 0 amide bonds. The van der Waals surface area contributed by atoms with Crippen molar-refractivity contribution in [2.24, 2.45) is 0 Å². The molecule has 0 aliphatic rings. The first kappa shape index (κ1) is 15.1. The van der Waals surface area contributed by atoms with E-state index >= 15 is 0 Å². The van der Waals surface area contributed by atoms with Crippen LogP contribution in [-0.4, -0.2) is 24.9 Å². The monoisotopic (exact) mass is 308 g/mol. The minimum Gasteiger partial charge on any atom is -0.345 e. The van der Waals surface area contributed by atoms with Gasteiger partial charge in [0.05, 0.1) is 0 Å². The van der Waals surface area contributed by atoms with Crippen molar-refractivity contribution < 1.29 is 0 Å². The maximum Gasteiger partial charge on any atom is 0.139 e. The van der Waals surface area contributed by atoms with Gasteiger partial charge in [0.1, 0.15) is 23.3 Å². The van der Waals surface area contributed by atoms with E-state index in [1.165, 1.54) is 5.56 Å². The number of hydrogen-bond acceptors (Lipinski definition) is 5. The first-order chi connectivity index (χ1) is 11.0. The summed E-state index contributed by atoms with van der Waals surface area (Å²) in [6.45, 7) is 8.15. The molecule has 3 aromatic heterocycles. The molecule has 0 bridgehead atoms. The lowest BCUT2D eigenvalue weighted by molar-refractivity contribution is 0.864. The van der Waals surface area contributed by atoms with Crippen LogP contribution in [0.2, 0.25) is 0 Å². The van der Waals surface area contributed by atoms with E-state index in [0.29, 0.717) is 5.92 Å². The SMILES string of the molecule is Cc1cc(Nc2cc(C(C)C)c(-c3ncc[nH]3)cn2)nc(C)n1. The number of rotatable bonds is 4. The fourth-order valence-corrected chi connectivity index (χ4v) is 2.54. The predicted octanol–water partition coefficient (Wildman–Crippen LogP) is 3.75. The molecule has 0 aliphatic heterocycles. The molecule has 118 valence electrons. The van der Waals surface area contributed by atoms with Crippen LogP contribution >= 0.6 is 0 Å². The van der Waals surface area contributed by atoms with Crippen molar-refractivity contribution in [2.75, 3.05) is 5.32 Å². The second kappa shape index (κ2) is 6.16. The summed E-state index contributed by atoms with van der Waals surface area (Å²) >= 11 is 0. The van der Waals surface area contributed by atoms with E-state index < -0.39 is 0 Å². The van der Waals surface area contributed by atoms with Gasteiger partial charge >= 0.3 is 0 Å². The molecule has 3 rings (SSSR count). The summed E-state index contributed by atoms with van der Waals surface area (Å²) in [5.41, 5.74) is 3.13. The Bertz CT molecular complexity index is 788. The van der Waals surface area contributed by atoms with Gasteiger partial charge in [0, 0.05) is 35.9 Å². The van der Waals surface area contributed by atoms with E-state index in [1.54, 1.807) is 6.20 Å². The number of H-pyrrole nitrogens is 1. The van der Waals surface area contributed by atoms with Crippen molar-refractivity contribution >= 4 is 11.6 Å². The molecule has 0 aliphatic carbocycles. The van der Waals surface area contributed by atoms with Crippen LogP contribution in [0, 0.1) is 13.8 Å². The maximum atomic E-state index is 4.50. The van der Waals surface area contributed by atoms with Gasteiger partial charge in [-0.1, -0.05) is 13.8 Å². The first-order valence-electron chi connectivity index (χ1n) is 7.62. The summed E-state index contributed by atoms with van der Waals surface area (Å²) in [6, 6.07) is 3.96. The Morgan fingerprint density at radius 2 is 1.87 bits per heavy atom. The molecule has 6 nitrogen and oxygen atoms in total. The van der Waals surface area contributed by atoms with Crippen molar-refractivity contribution in [3.05, 3.63) is 47.8 Å². The Kier molecular flexibility index (Phi) is 4.06. The molecule has 0 saturated carbocycles. The van der Waals surface area contributed by atoms with E-state index in [0.717, 1.165) is 34.5 Å². The number of aromatic nitrogens is 5. The highest BCUT2D eigenvalue weighted by Gasteiger charge is 2.13. The van der Waals surface area contributed by atoms with Gasteiger partial charge in [-0.2, -0.15) is 0 Å². The van der Waals surface area contributed by atoms with Gasteiger partial charge in [-0.15, -0.1) is 0 Å². The van der Waals surface area contributed by atoms with Crippen LogP contribution in [0.15, 0.2) is 30.7 Å². The van der Waals surface area contributed by atoms with Crippen molar-refractivity contribution in [1.82, 2.24) is 24.9 Å². The number of nitrogens with zero attached hydrogens (tertiary/aromatic N) is 4. The molecular weight excluding hydrogens is 288 g/mol. The van der Waals surface area contributed by atoms with Crippen molar-refractivity contribution in [2.45, 2.75) is 33.6 Å². The molecule has 0 unspecified atom stereocenters. The Hall–Kier alpha value is -2.76. The third-order valence-electron chi connectivity index (χ3n) is 3.53. The predicted molar refractivity (Wildman–Crippen MR) is 90.7 cm³/mol. The Morgan fingerprint density at radius 3 is 2.52 bits per heavy atom. The van der Waals surface area contributed by atoms with E-state index in [4.69, 9.17) is 0 Å². The van der Waals surface area contributed by atoms with Gasteiger partial charge in [0.15, 0.2) is 0 Å². The van der Waals surface area contributed by atoms with Gasteiger partial charge in [0.25, 0.3) is 0 Å². The Labute approximate surface area is 135 Å². The molecule has 0 aromatic carbocycles. The maximum absolute atomic E-state index is 4.50. The lowest BCUT2D eigenvalue weighted by Crippen LogP contribution is -2.02. The summed E-state index contributed by atoms with van der Waals surface area (Å²) in [5.74, 6) is 3.45. The second-order valence-electron chi connectivity index (χ2n) is 5.82. The number of imidazole rings is 1. The summed E-state index contributed by atoms with van der Waals surface area (Å²) in [4.78, 5) is 20.7. The van der Waals surface area contributed by atoms with Gasteiger partial charge in [-0.3, -0.25) is 0 Å². The van der Waals surface area contributed by atoms with E-state index in [1.807, 2.05) is 32.3 Å². The molecule has 0 saturated heterocycles. The van der Waals surface area contributed by atoms with Gasteiger partial charge in [-0.05, 0) is 31.4 Å². The molecule has 6 heteroatoms. The number of aromatic amines is 1. The highest BCUT2D eigenvalue weighted by Crippen LogP contribution is 2.29. The quantitative estimate of drug-likeness (QED) is 0.767. The zero-order chi connectivity index (χ0) is 16.4. The van der Waals surface area contributed by atoms with Gasteiger partial charge < -0.3 is 10.3 Å². The van der Waals surface area contributed by atoms with Crippen LogP contribution in [0.3, 0.4) is 0 Å². The first-order valence-corrected chi connectivity index (χ1v) is 7.62. The van der Waals surface area contributed by atoms with Crippen LogP contribution in [0.5, 0.6) is 0 Å². The minimum atomic E-state index is 0.354. The van der Waals surface area contributed by atoms with Crippen molar-refractivity contribution in [3.8, 4) is 11.4 Å². The highest BCUT2D eigenvalue weighted by molar-refractivity contribution is 5.64. The molecule has 0 fully saturated rings. The number of anilines is 2. The normalized spacial score (nSPS) is 11.0. The molecule has 3 aromatic rings. The van der Waals surface area contributed by atoms with Gasteiger partial charge in [0.2, 0.25) is 0 Å². The minimum absolute atomic E-state index is 0.354. The zero-order valence-corrected chi connectivity index (χ0v) is 13.8. The highest BCUT2D eigenvalue weighted by atomic mass is 15.1. The zero-order valence-electron chi connectivity index (χ0n) is 13.8. The van der Waals surface area contributed by atoms with Crippen LogP contribution in [0.25, 0.3) is 11.4 Å². The average Bonchev–Trinajstić information content (AvgIpc) is 3.00. The van der Waals surface area contributed by atoms with Crippen LogP contribution in [-0.2, 0) is 0 Å². The largest absolute Gasteiger partial charge is 0.345 e. The Morgan fingerprint density at radius 1 is 1.04 bits per heavy atom. The fraction of sp³-hybridized carbons (Fsp3) is 0.294. The lowest BCUT2D eigenvalue weighted by Gasteiger charge is -2.13. The number of hydrogen-bond donors (Lipinski definition) is 2. The smallest absolute Gasteiger partial charge is 0.139 e. The second-order valence-corrected chi connectivity index (χ2v) is 5.82. The van der Waals surface area contributed by atoms with E-state index in [9.17, 15) is 0 Å². The third kappa shape index (κ3) is 3.36. The number of pyridine rings is 1. The summed E-state index contributed by atoms with van der Waals surface area (Å²) in [6.07, 6.45) is 5.41. The summed E-state index contributed by atoms with van der Waals surface area (Å²) in [5, 5.41) is 3.26. The summed E-state index contributed by atoms with van der Waals surface area (Å²) < 4.78 is 0. The third-order valence-corrected chi connectivity index (χ3v) is 3.53. The summed E-state index contributed by atoms with van der Waals surface area (Å²) in [7, 11) is 0. The fourth-order valence-electron chi connectivity index (χ4n) is 2.54. The average molecular weight is 308 g/mol. The number of nitrogens with one attached hydrogen (secondary N) is 2. The molecule has 0 spiro atoms. The van der Waals surface area contributed by atoms with Crippen molar-refractivity contribution in [1.29, 1.82) is 0 Å². The molecule has 3 heterocycles. The molecular formula is C17H20N6. The molecule has 0 radical (unpaired) electrons. The topological polar surface area (TPSA) is 79.4 Å². The molecule has 23 heavy (non-hydrogen) atoms. The lowest BCUT2D eigenvalue weighted by atomic mass is 9.98.